The first-order valence-electron chi connectivity index (χ1n) is 5.98. The number of rotatable bonds is 7. The van der Waals surface area contributed by atoms with E-state index in [0.717, 1.165) is 6.54 Å². The molecule has 9 heteroatoms. The molecule has 8 nitrogen and oxygen atoms in total. The molecule has 0 saturated heterocycles. The van der Waals surface area contributed by atoms with E-state index in [2.05, 4.69) is 20.8 Å². The predicted octanol–water partition coefficient (Wildman–Crippen LogP) is 1.09. The number of nitro benzene ring substituents is 1. The quantitative estimate of drug-likeness (QED) is 0.463. The lowest BCUT2D eigenvalue weighted by atomic mass is 10.2. The number of likely N-dealkylation sites (N-methyl/N-ethyl adjacent to an activating group) is 1. The smallest absolute Gasteiger partial charge is 0.273 e. The van der Waals surface area contributed by atoms with Gasteiger partial charge in [0.1, 0.15) is 0 Å². The third-order valence-corrected chi connectivity index (χ3v) is 3.62. The first kappa shape index (κ1) is 14.4. The van der Waals surface area contributed by atoms with Crippen LogP contribution in [0, 0.1) is 10.1 Å². The highest BCUT2D eigenvalue weighted by molar-refractivity contribution is 7.98. The van der Waals surface area contributed by atoms with Crippen LogP contribution in [0.2, 0.25) is 0 Å². The minimum absolute atomic E-state index is 0.120. The van der Waals surface area contributed by atoms with Crippen molar-refractivity contribution in [2.24, 2.45) is 0 Å². The Hall–Kier alpha value is -2.00. The number of nitrogens with zero attached hydrogens (tertiary/aromatic N) is 5. The van der Waals surface area contributed by atoms with Crippen LogP contribution in [0.15, 0.2) is 29.4 Å². The first-order chi connectivity index (χ1) is 9.72. The maximum Gasteiger partial charge on any atom is 0.273 e. The number of benzene rings is 1. The average Bonchev–Trinajstić information content (AvgIpc) is 2.90. The number of nitrogens with one attached hydrogen (secondary N) is 1. The molecule has 1 heterocycles. The fraction of sp³-hybridized carbons (Fsp3) is 0.364. The Morgan fingerprint density at radius 1 is 1.45 bits per heavy atom. The molecule has 1 aromatic carbocycles. The molecule has 0 aliphatic heterocycles. The lowest BCUT2D eigenvalue weighted by molar-refractivity contribution is -0.385. The topological polar surface area (TPSA) is 98.8 Å². The first-order valence-corrected chi connectivity index (χ1v) is 6.97. The largest absolute Gasteiger partial charge is 0.318 e. The van der Waals surface area contributed by atoms with Gasteiger partial charge in [0.05, 0.1) is 11.5 Å². The molecule has 20 heavy (non-hydrogen) atoms. The number of aromatic nitrogens is 4. The molecular weight excluding hydrogens is 280 g/mol. The highest BCUT2D eigenvalue weighted by Crippen LogP contribution is 2.26. The van der Waals surface area contributed by atoms with Crippen molar-refractivity contribution >= 4 is 17.4 Å². The van der Waals surface area contributed by atoms with E-state index >= 15 is 0 Å². The molecule has 0 unspecified atom stereocenters. The van der Waals surface area contributed by atoms with E-state index in [4.69, 9.17) is 0 Å². The molecule has 0 atom stereocenters. The van der Waals surface area contributed by atoms with Crippen LogP contribution in [0.3, 0.4) is 0 Å². The Morgan fingerprint density at radius 3 is 3.00 bits per heavy atom. The van der Waals surface area contributed by atoms with E-state index in [1.807, 2.05) is 7.05 Å². The maximum absolute atomic E-state index is 10.9. The van der Waals surface area contributed by atoms with E-state index < -0.39 is 0 Å². The van der Waals surface area contributed by atoms with Gasteiger partial charge in [0.25, 0.3) is 5.69 Å². The van der Waals surface area contributed by atoms with Crippen LogP contribution in [-0.2, 0) is 12.3 Å². The molecule has 0 spiro atoms. The number of nitro groups is 1. The van der Waals surface area contributed by atoms with Crippen LogP contribution in [0.1, 0.15) is 5.56 Å². The zero-order chi connectivity index (χ0) is 14.4. The Morgan fingerprint density at radius 2 is 2.25 bits per heavy atom. The van der Waals surface area contributed by atoms with Crippen molar-refractivity contribution in [1.82, 2.24) is 25.5 Å². The molecule has 0 aliphatic rings. The number of para-hydroxylation sites is 1. The minimum Gasteiger partial charge on any atom is -0.318 e. The second kappa shape index (κ2) is 6.96. The van der Waals surface area contributed by atoms with Crippen LogP contribution in [0.4, 0.5) is 5.69 Å². The lowest BCUT2D eigenvalue weighted by Crippen LogP contribution is -2.16. The summed E-state index contributed by atoms with van der Waals surface area (Å²) < 4.78 is 1.68. The van der Waals surface area contributed by atoms with Crippen molar-refractivity contribution in [1.29, 1.82) is 0 Å². The van der Waals surface area contributed by atoms with E-state index in [9.17, 15) is 10.1 Å². The van der Waals surface area contributed by atoms with Gasteiger partial charge in [0.2, 0.25) is 5.16 Å². The average molecular weight is 294 g/mol. The van der Waals surface area contributed by atoms with Crippen LogP contribution in [0.25, 0.3) is 0 Å². The maximum atomic E-state index is 10.9. The van der Waals surface area contributed by atoms with Crippen LogP contribution in [-0.4, -0.2) is 38.7 Å². The van der Waals surface area contributed by atoms with Gasteiger partial charge in [-0.3, -0.25) is 10.1 Å². The molecule has 0 bridgehead atoms. The Kier molecular flexibility index (Phi) is 5.02. The zero-order valence-corrected chi connectivity index (χ0v) is 11.7. The third-order valence-electron chi connectivity index (χ3n) is 2.62. The molecule has 0 saturated carbocycles. The van der Waals surface area contributed by atoms with E-state index in [1.54, 1.807) is 22.9 Å². The van der Waals surface area contributed by atoms with Gasteiger partial charge in [-0.25, -0.2) is 4.68 Å². The summed E-state index contributed by atoms with van der Waals surface area (Å²) in [5, 5.41) is 26.0. The Labute approximate surface area is 119 Å². The highest BCUT2D eigenvalue weighted by atomic mass is 32.2. The minimum atomic E-state index is -0.375. The molecule has 0 fully saturated rings. The lowest BCUT2D eigenvalue weighted by Gasteiger charge is -2.04. The van der Waals surface area contributed by atoms with Gasteiger partial charge < -0.3 is 5.32 Å². The fourth-order valence-electron chi connectivity index (χ4n) is 1.61. The summed E-state index contributed by atoms with van der Waals surface area (Å²) in [4.78, 5) is 10.6. The van der Waals surface area contributed by atoms with Gasteiger partial charge in [0, 0.05) is 23.9 Å². The molecule has 0 amide bonds. The molecule has 106 valence electrons. The monoisotopic (exact) mass is 294 g/mol. The van der Waals surface area contributed by atoms with Gasteiger partial charge in [-0.15, -0.1) is 5.10 Å². The number of hydrogen-bond donors (Lipinski definition) is 1. The summed E-state index contributed by atoms with van der Waals surface area (Å²) in [5.74, 6) is 0.455. The zero-order valence-electron chi connectivity index (χ0n) is 10.9. The standard InChI is InChI=1S/C11H14N6O2S/c1-12-6-7-16-11(13-14-15-16)20-8-9-4-2-3-5-10(9)17(18)19/h2-5,12H,6-8H2,1H3. The van der Waals surface area contributed by atoms with Crippen molar-refractivity contribution in [3.63, 3.8) is 0 Å². The molecule has 1 aromatic heterocycles. The van der Waals surface area contributed by atoms with E-state index in [-0.39, 0.29) is 10.6 Å². The normalized spacial score (nSPS) is 10.7. The van der Waals surface area contributed by atoms with Crippen molar-refractivity contribution in [3.8, 4) is 0 Å². The van der Waals surface area contributed by atoms with Gasteiger partial charge in [-0.05, 0) is 17.5 Å². The van der Waals surface area contributed by atoms with E-state index in [1.165, 1.54) is 17.8 Å². The highest BCUT2D eigenvalue weighted by Gasteiger charge is 2.14. The molecule has 0 aliphatic carbocycles. The van der Waals surface area contributed by atoms with Crippen LogP contribution in [0.5, 0.6) is 0 Å². The Bertz CT molecular complexity index is 588. The van der Waals surface area contributed by atoms with Crippen LogP contribution >= 0.6 is 11.8 Å². The Balaban J connectivity index is 2.06. The number of thioether (sulfide) groups is 1. The number of hydrogen-bond acceptors (Lipinski definition) is 7. The second-order valence-corrected chi connectivity index (χ2v) is 4.91. The molecular formula is C11H14N6O2S. The summed E-state index contributed by atoms with van der Waals surface area (Å²) in [5.41, 5.74) is 0.778. The second-order valence-electron chi connectivity index (χ2n) is 3.96. The van der Waals surface area contributed by atoms with Gasteiger partial charge in [0.15, 0.2) is 0 Å². The SMILES string of the molecule is CNCCn1nnnc1SCc1ccccc1[N+](=O)[O-]. The van der Waals surface area contributed by atoms with Crippen molar-refractivity contribution < 1.29 is 4.92 Å². The summed E-state index contributed by atoms with van der Waals surface area (Å²) >= 11 is 1.38. The third kappa shape index (κ3) is 3.52. The van der Waals surface area contributed by atoms with Crippen molar-refractivity contribution in [3.05, 3.63) is 39.9 Å². The van der Waals surface area contributed by atoms with Gasteiger partial charge in [-0.2, -0.15) is 0 Å². The summed E-state index contributed by atoms with van der Waals surface area (Å²) in [6.07, 6.45) is 0. The number of tetrazole rings is 1. The molecule has 1 N–H and O–H groups in total. The van der Waals surface area contributed by atoms with E-state index in [0.29, 0.717) is 23.0 Å². The van der Waals surface area contributed by atoms with Crippen molar-refractivity contribution in [2.75, 3.05) is 13.6 Å². The predicted molar refractivity (Wildman–Crippen MR) is 74.4 cm³/mol. The fourth-order valence-corrected chi connectivity index (χ4v) is 2.51. The van der Waals surface area contributed by atoms with Gasteiger partial charge in [-0.1, -0.05) is 30.0 Å². The molecule has 0 radical (unpaired) electrons. The summed E-state index contributed by atoms with van der Waals surface area (Å²) in [6, 6.07) is 6.68. The molecule has 2 aromatic rings. The summed E-state index contributed by atoms with van der Waals surface area (Å²) in [7, 11) is 1.85. The van der Waals surface area contributed by atoms with Gasteiger partial charge >= 0.3 is 0 Å². The van der Waals surface area contributed by atoms with Crippen molar-refractivity contribution in [2.45, 2.75) is 17.5 Å². The molecule has 2 rings (SSSR count). The summed E-state index contributed by atoms with van der Waals surface area (Å²) in [6.45, 7) is 1.41. The van der Waals surface area contributed by atoms with Crippen LogP contribution < -0.4 is 5.32 Å².